The Morgan fingerprint density at radius 2 is 1.71 bits per heavy atom. The summed E-state index contributed by atoms with van der Waals surface area (Å²) >= 11 is 2.36. The molecule has 0 unspecified atom stereocenters. The molecular weight excluding hydrogens is 502 g/mol. The second-order valence-corrected chi connectivity index (χ2v) is 6.84. The maximum Gasteiger partial charge on any atom is 0.424 e. The highest BCUT2D eigenvalue weighted by Gasteiger charge is 2.47. The van der Waals surface area contributed by atoms with Crippen molar-refractivity contribution in [1.82, 2.24) is 0 Å². The lowest BCUT2D eigenvalue weighted by molar-refractivity contribution is -0.389. The Bertz CT molecular complexity index is 980. The van der Waals surface area contributed by atoms with Gasteiger partial charge in [0.15, 0.2) is 0 Å². The molecule has 2 rings (SSSR count). The van der Waals surface area contributed by atoms with Crippen LogP contribution in [0, 0.1) is 10.1 Å². The van der Waals surface area contributed by atoms with Crippen LogP contribution in [0.15, 0.2) is 40.9 Å². The molecule has 0 bridgehead atoms. The molecule has 0 N–H and O–H groups in total. The van der Waals surface area contributed by atoms with Gasteiger partial charge in [-0.2, -0.15) is 26.3 Å². The molecule has 13 heteroatoms. The molecule has 0 aromatic heterocycles. The molecule has 168 valence electrons. The molecule has 6 nitrogen and oxygen atoms in total. The number of halogens is 7. The number of hydrogen-bond acceptors (Lipinski definition) is 4. The number of anilines is 1. The minimum absolute atomic E-state index is 0.0279. The second-order valence-electron chi connectivity index (χ2n) is 5.98. The number of nitro benzene ring substituents is 1. The lowest BCUT2D eigenvalue weighted by Crippen LogP contribution is -2.32. The lowest BCUT2D eigenvalue weighted by atomic mass is 9.99. The molecule has 0 saturated carbocycles. The van der Waals surface area contributed by atoms with Crippen LogP contribution in [0.4, 0.5) is 42.5 Å². The van der Waals surface area contributed by atoms with Crippen molar-refractivity contribution in [2.45, 2.75) is 25.8 Å². The maximum absolute atomic E-state index is 13.6. The first-order chi connectivity index (χ1) is 14.3. The van der Waals surface area contributed by atoms with Crippen LogP contribution in [0.5, 0.6) is 0 Å². The van der Waals surface area contributed by atoms with Crippen LogP contribution in [0.3, 0.4) is 0 Å². The van der Waals surface area contributed by atoms with Crippen LogP contribution in [0.1, 0.15) is 23.6 Å². The van der Waals surface area contributed by atoms with Crippen molar-refractivity contribution in [3.63, 3.8) is 0 Å². The number of hydrogen-bond donors (Lipinski definition) is 0. The Labute approximate surface area is 179 Å². The average Bonchev–Trinajstić information content (AvgIpc) is 2.65. The van der Waals surface area contributed by atoms with E-state index in [0.29, 0.717) is 4.90 Å². The average molecular weight is 515 g/mol. The van der Waals surface area contributed by atoms with E-state index in [9.17, 15) is 41.3 Å². The van der Waals surface area contributed by atoms with E-state index in [2.05, 4.69) is 15.9 Å². The smallest absolute Gasteiger partial charge is 0.424 e. The molecule has 0 fully saturated rings. The van der Waals surface area contributed by atoms with Gasteiger partial charge in [-0.05, 0) is 41.1 Å². The van der Waals surface area contributed by atoms with E-state index in [4.69, 9.17) is 4.74 Å². The molecule has 1 amide bonds. The van der Waals surface area contributed by atoms with Gasteiger partial charge in [-0.15, -0.1) is 0 Å². The number of rotatable bonds is 5. The van der Waals surface area contributed by atoms with Crippen LogP contribution in [-0.2, 0) is 23.6 Å². The molecule has 0 aliphatic rings. The van der Waals surface area contributed by atoms with Crippen LogP contribution in [-0.4, -0.2) is 17.6 Å². The number of carbonyl (C=O) groups excluding carboxylic acids is 1. The fraction of sp³-hybridized carbons (Fsp3) is 0.278. The largest absolute Gasteiger partial charge is 0.449 e. The van der Waals surface area contributed by atoms with Crippen molar-refractivity contribution in [2.24, 2.45) is 0 Å². The summed E-state index contributed by atoms with van der Waals surface area (Å²) in [6, 6.07) is 7.06. The number of amides is 1. The zero-order valence-corrected chi connectivity index (χ0v) is 17.1. The van der Waals surface area contributed by atoms with Gasteiger partial charge in [-0.1, -0.05) is 18.2 Å². The van der Waals surface area contributed by atoms with Gasteiger partial charge in [0, 0.05) is 10.2 Å². The van der Waals surface area contributed by atoms with Crippen LogP contribution in [0.2, 0.25) is 0 Å². The summed E-state index contributed by atoms with van der Waals surface area (Å²) in [6.45, 7) is 0.0287. The van der Waals surface area contributed by atoms with E-state index >= 15 is 0 Å². The number of benzene rings is 2. The third-order valence-corrected chi connectivity index (χ3v) is 4.63. The first-order valence-electron chi connectivity index (χ1n) is 8.42. The Morgan fingerprint density at radius 1 is 1.13 bits per heavy atom. The van der Waals surface area contributed by atoms with Gasteiger partial charge in [0.25, 0.3) is 5.69 Å². The van der Waals surface area contributed by atoms with Gasteiger partial charge in [0.05, 0.1) is 29.2 Å². The number of ether oxygens (including phenoxy) is 1. The van der Waals surface area contributed by atoms with Crippen molar-refractivity contribution in [3.05, 3.63) is 67.7 Å². The summed E-state index contributed by atoms with van der Waals surface area (Å²) < 4.78 is 85.1. The van der Waals surface area contributed by atoms with E-state index in [1.807, 2.05) is 0 Å². The van der Waals surface area contributed by atoms with Gasteiger partial charge in [0.1, 0.15) is 5.56 Å². The summed E-state index contributed by atoms with van der Waals surface area (Å²) in [4.78, 5) is 22.9. The van der Waals surface area contributed by atoms with Gasteiger partial charge in [-0.3, -0.25) is 15.0 Å². The zero-order chi connectivity index (χ0) is 23.6. The maximum atomic E-state index is 13.6. The molecule has 0 heterocycles. The van der Waals surface area contributed by atoms with Crippen molar-refractivity contribution in [3.8, 4) is 0 Å². The monoisotopic (exact) mass is 514 g/mol. The van der Waals surface area contributed by atoms with Crippen molar-refractivity contribution < 1.29 is 40.8 Å². The van der Waals surface area contributed by atoms with Crippen molar-refractivity contribution in [2.75, 3.05) is 11.5 Å². The van der Waals surface area contributed by atoms with E-state index in [1.165, 1.54) is 37.3 Å². The van der Waals surface area contributed by atoms with E-state index in [1.54, 1.807) is 0 Å². The van der Waals surface area contributed by atoms with E-state index in [-0.39, 0.29) is 18.4 Å². The number of nitro groups is 1. The summed E-state index contributed by atoms with van der Waals surface area (Å²) in [7, 11) is 0. The lowest BCUT2D eigenvalue weighted by Gasteiger charge is -2.25. The van der Waals surface area contributed by atoms with Gasteiger partial charge in [-0.25, -0.2) is 4.79 Å². The molecule has 0 saturated heterocycles. The molecule has 0 spiro atoms. The topological polar surface area (TPSA) is 72.7 Å². The minimum atomic E-state index is -5.35. The number of alkyl halides is 6. The first-order valence-corrected chi connectivity index (χ1v) is 9.21. The van der Waals surface area contributed by atoms with Crippen molar-refractivity contribution >= 4 is 33.4 Å². The predicted octanol–water partition coefficient (Wildman–Crippen LogP) is 6.56. The summed E-state index contributed by atoms with van der Waals surface area (Å²) in [5, 5.41) is 11.5. The highest BCUT2D eigenvalue weighted by atomic mass is 79.9. The van der Waals surface area contributed by atoms with Crippen molar-refractivity contribution in [1.29, 1.82) is 0 Å². The molecule has 31 heavy (non-hydrogen) atoms. The Balaban J connectivity index is 2.85. The van der Waals surface area contributed by atoms with Crippen LogP contribution in [0.25, 0.3) is 0 Å². The number of carbonyl (C=O) groups is 1. The summed E-state index contributed by atoms with van der Waals surface area (Å²) in [6.07, 6.45) is -11.8. The molecule has 0 atom stereocenters. The predicted molar refractivity (Wildman–Crippen MR) is 100 cm³/mol. The molecule has 0 radical (unpaired) electrons. The molecule has 2 aromatic rings. The second kappa shape index (κ2) is 9.12. The summed E-state index contributed by atoms with van der Waals surface area (Å²) in [5.41, 5.74) is -6.74. The minimum Gasteiger partial charge on any atom is -0.449 e. The Hall–Kier alpha value is -2.83. The zero-order valence-electron chi connectivity index (χ0n) is 15.6. The van der Waals surface area contributed by atoms with Gasteiger partial charge >= 0.3 is 18.4 Å². The van der Waals surface area contributed by atoms with Gasteiger partial charge in [0.2, 0.25) is 0 Å². The molecule has 2 aromatic carbocycles. The molecule has 0 aliphatic heterocycles. The third kappa shape index (κ3) is 5.46. The Morgan fingerprint density at radius 3 is 2.16 bits per heavy atom. The standard InChI is InChI=1S/C18H13BrF6N2O4/c1-2-31-16(28)26(10-6-4-3-5-7-10)9-11-12(17(20,21)22)8-13(19)14(18(23,24)25)15(11)27(29)30/h3-8H,2,9H2,1H3. The third-order valence-electron chi connectivity index (χ3n) is 4.00. The first kappa shape index (κ1) is 24.4. The SMILES string of the molecule is CCOC(=O)N(Cc1c(C(F)(F)F)cc(Br)c(C(F)(F)F)c1[N+](=O)[O-])c1ccccc1. The molecule has 0 aliphatic carbocycles. The van der Waals surface area contributed by atoms with Crippen LogP contribution >= 0.6 is 15.9 Å². The number of nitrogens with zero attached hydrogens (tertiary/aromatic N) is 2. The van der Waals surface area contributed by atoms with Crippen LogP contribution < -0.4 is 4.90 Å². The normalized spacial score (nSPS) is 11.9. The summed E-state index contributed by atoms with van der Waals surface area (Å²) in [5.74, 6) is 0. The highest BCUT2D eigenvalue weighted by molar-refractivity contribution is 9.10. The fourth-order valence-corrected chi connectivity index (χ4v) is 3.43. The quantitative estimate of drug-likeness (QED) is 0.257. The van der Waals surface area contributed by atoms with E-state index in [0.717, 1.165) is 0 Å². The van der Waals surface area contributed by atoms with Gasteiger partial charge < -0.3 is 4.74 Å². The van der Waals surface area contributed by atoms with E-state index < -0.39 is 56.8 Å². The highest BCUT2D eigenvalue weighted by Crippen LogP contribution is 2.47. The molecular formula is C18H13BrF6N2O4. The Kier molecular flexibility index (Phi) is 7.19. The fourth-order valence-electron chi connectivity index (χ4n) is 2.79. The number of para-hydroxylation sites is 1.